The highest BCUT2D eigenvalue weighted by molar-refractivity contribution is 4.95. The SMILES string of the molecule is CCCCc1nc([C@@H]2COCCN2)no1. The van der Waals surface area contributed by atoms with Crippen molar-refractivity contribution in [1.29, 1.82) is 0 Å². The van der Waals surface area contributed by atoms with Crippen LogP contribution in [0.1, 0.15) is 37.5 Å². The van der Waals surface area contributed by atoms with Crippen LogP contribution in [0.25, 0.3) is 0 Å². The van der Waals surface area contributed by atoms with Crippen LogP contribution in [0.4, 0.5) is 0 Å². The van der Waals surface area contributed by atoms with Crippen LogP contribution in [-0.4, -0.2) is 29.9 Å². The fraction of sp³-hybridized carbons (Fsp3) is 0.800. The molecule has 1 saturated heterocycles. The maximum Gasteiger partial charge on any atom is 0.226 e. The van der Waals surface area contributed by atoms with Gasteiger partial charge in [-0.2, -0.15) is 4.98 Å². The molecule has 0 amide bonds. The standard InChI is InChI=1S/C10H17N3O2/c1-2-3-4-9-12-10(13-15-9)8-7-14-6-5-11-8/h8,11H,2-7H2,1H3/t8-/m0/s1. The molecule has 1 aliphatic heterocycles. The second-order valence-electron chi connectivity index (χ2n) is 3.73. The van der Waals surface area contributed by atoms with Crippen molar-refractivity contribution in [3.05, 3.63) is 11.7 Å². The van der Waals surface area contributed by atoms with Gasteiger partial charge in [-0.15, -0.1) is 0 Å². The summed E-state index contributed by atoms with van der Waals surface area (Å²) in [5.74, 6) is 1.46. The van der Waals surface area contributed by atoms with Crippen LogP contribution < -0.4 is 5.32 Å². The van der Waals surface area contributed by atoms with Gasteiger partial charge in [0.15, 0.2) is 5.82 Å². The van der Waals surface area contributed by atoms with Gasteiger partial charge in [0.25, 0.3) is 0 Å². The Hall–Kier alpha value is -0.940. The molecule has 2 heterocycles. The normalized spacial score (nSPS) is 21.8. The van der Waals surface area contributed by atoms with E-state index in [-0.39, 0.29) is 6.04 Å². The molecule has 0 aromatic carbocycles. The average Bonchev–Trinajstić information content (AvgIpc) is 2.76. The molecule has 0 unspecified atom stereocenters. The predicted octanol–water partition coefficient (Wildman–Crippen LogP) is 1.07. The quantitative estimate of drug-likeness (QED) is 0.807. The molecule has 2 rings (SSSR count). The van der Waals surface area contributed by atoms with Gasteiger partial charge < -0.3 is 14.6 Å². The molecular formula is C10H17N3O2. The van der Waals surface area contributed by atoms with Crippen LogP contribution in [0.15, 0.2) is 4.52 Å². The fourth-order valence-electron chi connectivity index (χ4n) is 1.57. The van der Waals surface area contributed by atoms with Crippen molar-refractivity contribution in [3.8, 4) is 0 Å². The lowest BCUT2D eigenvalue weighted by atomic mass is 10.2. The molecule has 0 saturated carbocycles. The van der Waals surface area contributed by atoms with Crippen LogP contribution in [0, 0.1) is 0 Å². The van der Waals surface area contributed by atoms with Gasteiger partial charge in [-0.05, 0) is 6.42 Å². The lowest BCUT2D eigenvalue weighted by Gasteiger charge is -2.20. The van der Waals surface area contributed by atoms with Crippen molar-refractivity contribution in [1.82, 2.24) is 15.5 Å². The molecular weight excluding hydrogens is 194 g/mol. The summed E-state index contributed by atoms with van der Waals surface area (Å²) in [6.45, 7) is 4.39. The number of morpholine rings is 1. The second kappa shape index (κ2) is 5.23. The summed E-state index contributed by atoms with van der Waals surface area (Å²) in [5, 5.41) is 7.26. The van der Waals surface area contributed by atoms with Crippen LogP contribution >= 0.6 is 0 Å². The number of aromatic nitrogens is 2. The van der Waals surface area contributed by atoms with Crippen LogP contribution in [-0.2, 0) is 11.2 Å². The first-order valence-electron chi connectivity index (χ1n) is 5.53. The minimum absolute atomic E-state index is 0.0953. The largest absolute Gasteiger partial charge is 0.378 e. The highest BCUT2D eigenvalue weighted by atomic mass is 16.5. The molecule has 5 nitrogen and oxygen atoms in total. The Kier molecular flexibility index (Phi) is 3.69. The van der Waals surface area contributed by atoms with E-state index < -0.39 is 0 Å². The van der Waals surface area contributed by atoms with E-state index in [1.54, 1.807) is 0 Å². The molecule has 0 radical (unpaired) electrons. The number of hydrogen-bond acceptors (Lipinski definition) is 5. The molecule has 5 heteroatoms. The van der Waals surface area contributed by atoms with Crippen LogP contribution in [0.2, 0.25) is 0 Å². The van der Waals surface area contributed by atoms with E-state index in [1.165, 1.54) is 0 Å². The van der Waals surface area contributed by atoms with Gasteiger partial charge in [-0.3, -0.25) is 0 Å². The third kappa shape index (κ3) is 2.76. The Labute approximate surface area is 89.2 Å². The first-order chi connectivity index (χ1) is 7.40. The van der Waals surface area contributed by atoms with Crippen molar-refractivity contribution in [2.45, 2.75) is 32.2 Å². The van der Waals surface area contributed by atoms with Gasteiger partial charge >= 0.3 is 0 Å². The topological polar surface area (TPSA) is 60.2 Å². The van der Waals surface area contributed by atoms with E-state index in [1.807, 2.05) is 0 Å². The number of nitrogens with zero attached hydrogens (tertiary/aromatic N) is 2. The molecule has 1 N–H and O–H groups in total. The van der Waals surface area contributed by atoms with Gasteiger partial charge in [0.2, 0.25) is 5.89 Å². The zero-order valence-corrected chi connectivity index (χ0v) is 9.03. The van der Waals surface area contributed by atoms with Crippen molar-refractivity contribution >= 4 is 0 Å². The Balaban J connectivity index is 1.93. The van der Waals surface area contributed by atoms with E-state index in [0.29, 0.717) is 6.61 Å². The second-order valence-corrected chi connectivity index (χ2v) is 3.73. The number of nitrogens with one attached hydrogen (secondary N) is 1. The zero-order chi connectivity index (χ0) is 10.5. The Morgan fingerprint density at radius 1 is 1.53 bits per heavy atom. The first-order valence-corrected chi connectivity index (χ1v) is 5.53. The zero-order valence-electron chi connectivity index (χ0n) is 9.03. The third-order valence-electron chi connectivity index (χ3n) is 2.46. The minimum Gasteiger partial charge on any atom is -0.378 e. The van der Waals surface area contributed by atoms with Crippen LogP contribution in [0.3, 0.4) is 0 Å². The summed E-state index contributed by atoms with van der Waals surface area (Å²) in [6.07, 6.45) is 3.11. The Morgan fingerprint density at radius 2 is 2.47 bits per heavy atom. The number of ether oxygens (including phenoxy) is 1. The highest BCUT2D eigenvalue weighted by Crippen LogP contribution is 2.13. The molecule has 1 atom stereocenters. The molecule has 0 bridgehead atoms. The molecule has 15 heavy (non-hydrogen) atoms. The summed E-state index contributed by atoms with van der Waals surface area (Å²) in [5.41, 5.74) is 0. The monoisotopic (exact) mass is 211 g/mol. The lowest BCUT2D eigenvalue weighted by Crippen LogP contribution is -2.35. The maximum atomic E-state index is 5.34. The smallest absolute Gasteiger partial charge is 0.226 e. The van der Waals surface area contributed by atoms with E-state index in [0.717, 1.165) is 44.1 Å². The number of aryl methyl sites for hydroxylation is 1. The average molecular weight is 211 g/mol. The molecule has 1 aromatic rings. The minimum atomic E-state index is 0.0953. The van der Waals surface area contributed by atoms with Gasteiger partial charge in [0.1, 0.15) is 0 Å². The van der Waals surface area contributed by atoms with E-state index in [4.69, 9.17) is 9.26 Å². The van der Waals surface area contributed by atoms with E-state index in [9.17, 15) is 0 Å². The lowest BCUT2D eigenvalue weighted by molar-refractivity contribution is 0.0734. The summed E-state index contributed by atoms with van der Waals surface area (Å²) in [6, 6.07) is 0.0953. The molecule has 84 valence electrons. The molecule has 0 aliphatic carbocycles. The Bertz CT molecular complexity index is 295. The summed E-state index contributed by atoms with van der Waals surface area (Å²) >= 11 is 0. The summed E-state index contributed by atoms with van der Waals surface area (Å²) < 4.78 is 10.5. The number of rotatable bonds is 4. The predicted molar refractivity (Wildman–Crippen MR) is 54.5 cm³/mol. The number of hydrogen-bond donors (Lipinski definition) is 1. The highest BCUT2D eigenvalue weighted by Gasteiger charge is 2.20. The van der Waals surface area contributed by atoms with Crippen molar-refractivity contribution in [2.24, 2.45) is 0 Å². The maximum absolute atomic E-state index is 5.34. The molecule has 1 fully saturated rings. The van der Waals surface area contributed by atoms with Crippen molar-refractivity contribution in [2.75, 3.05) is 19.8 Å². The van der Waals surface area contributed by atoms with Gasteiger partial charge in [0.05, 0.1) is 19.3 Å². The van der Waals surface area contributed by atoms with Gasteiger partial charge in [0, 0.05) is 13.0 Å². The van der Waals surface area contributed by atoms with Crippen LogP contribution in [0.5, 0.6) is 0 Å². The van der Waals surface area contributed by atoms with Crippen molar-refractivity contribution < 1.29 is 9.26 Å². The fourth-order valence-corrected chi connectivity index (χ4v) is 1.57. The number of unbranched alkanes of at least 4 members (excludes halogenated alkanes) is 1. The summed E-state index contributed by atoms with van der Waals surface area (Å²) in [4.78, 5) is 4.35. The Morgan fingerprint density at radius 3 is 3.20 bits per heavy atom. The van der Waals surface area contributed by atoms with Gasteiger partial charge in [-0.25, -0.2) is 0 Å². The van der Waals surface area contributed by atoms with E-state index >= 15 is 0 Å². The first kappa shape index (κ1) is 10.6. The summed E-state index contributed by atoms with van der Waals surface area (Å²) in [7, 11) is 0. The van der Waals surface area contributed by atoms with Crippen molar-refractivity contribution in [3.63, 3.8) is 0 Å². The van der Waals surface area contributed by atoms with E-state index in [2.05, 4.69) is 22.4 Å². The molecule has 1 aliphatic rings. The van der Waals surface area contributed by atoms with Gasteiger partial charge in [-0.1, -0.05) is 18.5 Å². The third-order valence-corrected chi connectivity index (χ3v) is 2.46. The molecule has 1 aromatic heterocycles. The molecule has 0 spiro atoms.